The van der Waals surface area contributed by atoms with Gasteiger partial charge in [0.2, 0.25) is 11.8 Å². The number of nitrogens with two attached hydrogens (primary N) is 1. The molecule has 0 bridgehead atoms. The highest BCUT2D eigenvalue weighted by atomic mass is 15.6. The summed E-state index contributed by atoms with van der Waals surface area (Å²) in [6.45, 7) is 0.133. The van der Waals surface area contributed by atoms with Crippen LogP contribution in [0.5, 0.6) is 0 Å². The third kappa shape index (κ3) is 3.64. The maximum atomic E-state index is 9.68. The molecule has 0 amide bonds. The lowest BCUT2D eigenvalue weighted by molar-refractivity contribution is 0.554. The minimum absolute atomic E-state index is 0.102. The van der Waals surface area contributed by atoms with E-state index in [1.807, 2.05) is 18.2 Å². The van der Waals surface area contributed by atoms with E-state index in [0.29, 0.717) is 51.1 Å². The highest BCUT2D eigenvalue weighted by Crippen LogP contribution is 2.35. The first-order valence-corrected chi connectivity index (χ1v) is 10.7. The number of nitrogens with zero attached hydrogens (tertiary/aromatic N) is 12. The standard InChI is InChI=1S/C23H15N13/c24-11-14-5-1-2-6-15(14)20-19(16-8-10-26-13-28-16)22-29-18(32-36(22)23(25)30-20)12-35-33-21(31-34-35)17-7-3-4-9-27-17/h1-10,13H,12H2,(H2,25,30). The molecule has 0 spiro atoms. The third-order valence-corrected chi connectivity index (χ3v) is 5.33. The largest absolute Gasteiger partial charge is 0.368 e. The Morgan fingerprint density at radius 3 is 2.61 bits per heavy atom. The summed E-state index contributed by atoms with van der Waals surface area (Å²) < 4.78 is 1.43. The van der Waals surface area contributed by atoms with Gasteiger partial charge in [-0.05, 0) is 29.5 Å². The maximum Gasteiger partial charge on any atom is 0.223 e. The third-order valence-electron chi connectivity index (χ3n) is 5.33. The summed E-state index contributed by atoms with van der Waals surface area (Å²) >= 11 is 0. The summed E-state index contributed by atoms with van der Waals surface area (Å²) in [5, 5.41) is 26.7. The van der Waals surface area contributed by atoms with E-state index in [2.05, 4.69) is 46.5 Å². The van der Waals surface area contributed by atoms with E-state index in [0.717, 1.165) is 0 Å². The molecule has 13 heteroatoms. The Bertz CT molecular complexity index is 1730. The minimum atomic E-state index is 0.102. The second-order valence-corrected chi connectivity index (χ2v) is 7.57. The van der Waals surface area contributed by atoms with E-state index in [4.69, 9.17) is 10.7 Å². The van der Waals surface area contributed by atoms with Crippen molar-refractivity contribution in [2.45, 2.75) is 6.54 Å². The molecule has 5 aromatic heterocycles. The van der Waals surface area contributed by atoms with Crippen LogP contribution < -0.4 is 5.73 Å². The molecule has 6 aromatic rings. The maximum absolute atomic E-state index is 9.68. The Balaban J connectivity index is 1.49. The SMILES string of the molecule is N#Cc1ccccc1-c1nc(N)n2nc(Cn3nnc(-c4ccccn4)n3)nc2c1-c1ccncn1. The van der Waals surface area contributed by atoms with Crippen molar-refractivity contribution in [3.63, 3.8) is 0 Å². The van der Waals surface area contributed by atoms with E-state index in [1.165, 1.54) is 15.6 Å². The first kappa shape index (κ1) is 20.9. The monoisotopic (exact) mass is 473 g/mol. The average molecular weight is 473 g/mol. The highest BCUT2D eigenvalue weighted by Gasteiger charge is 2.22. The summed E-state index contributed by atoms with van der Waals surface area (Å²) in [7, 11) is 0. The van der Waals surface area contributed by atoms with Crippen LogP contribution in [0.15, 0.2) is 67.3 Å². The van der Waals surface area contributed by atoms with Gasteiger partial charge in [0.15, 0.2) is 11.5 Å². The summed E-state index contributed by atoms with van der Waals surface area (Å²) in [6.07, 6.45) is 4.70. The van der Waals surface area contributed by atoms with Crippen LogP contribution in [0.25, 0.3) is 39.7 Å². The number of nitrogen functional groups attached to an aromatic ring is 1. The van der Waals surface area contributed by atoms with Crippen LogP contribution in [0.3, 0.4) is 0 Å². The van der Waals surface area contributed by atoms with E-state index >= 15 is 0 Å². The number of rotatable bonds is 5. The summed E-state index contributed by atoms with van der Waals surface area (Å²) in [4.78, 5) is 23.3. The molecule has 13 nitrogen and oxygen atoms in total. The Hall–Kier alpha value is -5.64. The first-order valence-electron chi connectivity index (χ1n) is 10.7. The molecule has 0 unspecified atom stereocenters. The van der Waals surface area contributed by atoms with Gasteiger partial charge in [-0.25, -0.2) is 19.9 Å². The molecule has 172 valence electrons. The van der Waals surface area contributed by atoms with Crippen molar-refractivity contribution < 1.29 is 0 Å². The Labute approximate surface area is 203 Å². The number of aromatic nitrogens is 11. The Morgan fingerprint density at radius 1 is 0.917 bits per heavy atom. The van der Waals surface area contributed by atoms with Gasteiger partial charge >= 0.3 is 0 Å². The Morgan fingerprint density at radius 2 is 1.81 bits per heavy atom. The molecule has 0 radical (unpaired) electrons. The van der Waals surface area contributed by atoms with Crippen molar-refractivity contribution >= 4 is 11.6 Å². The second-order valence-electron chi connectivity index (χ2n) is 7.57. The zero-order valence-electron chi connectivity index (χ0n) is 18.5. The molecule has 0 aliphatic heterocycles. The van der Waals surface area contributed by atoms with Gasteiger partial charge in [0.25, 0.3) is 0 Å². The number of pyridine rings is 1. The van der Waals surface area contributed by atoms with Crippen molar-refractivity contribution in [1.82, 2.24) is 54.7 Å². The normalized spacial score (nSPS) is 11.0. The second kappa shape index (κ2) is 8.61. The van der Waals surface area contributed by atoms with Gasteiger partial charge in [0, 0.05) is 18.0 Å². The molecule has 0 atom stereocenters. The van der Waals surface area contributed by atoms with E-state index < -0.39 is 0 Å². The molecule has 2 N–H and O–H groups in total. The lowest BCUT2D eigenvalue weighted by atomic mass is 9.99. The summed E-state index contributed by atoms with van der Waals surface area (Å²) in [5.74, 6) is 0.872. The van der Waals surface area contributed by atoms with Crippen LogP contribution in [0, 0.1) is 11.3 Å². The fraction of sp³-hybridized carbons (Fsp3) is 0.0435. The number of nitriles is 1. The number of hydrogen-bond acceptors (Lipinski definition) is 11. The fourth-order valence-corrected chi connectivity index (χ4v) is 3.76. The van der Waals surface area contributed by atoms with Crippen LogP contribution in [0.4, 0.5) is 5.95 Å². The van der Waals surface area contributed by atoms with Crippen molar-refractivity contribution in [2.24, 2.45) is 0 Å². The predicted octanol–water partition coefficient (Wildman–Crippen LogP) is 1.80. The lowest BCUT2D eigenvalue weighted by Crippen LogP contribution is -2.08. The summed E-state index contributed by atoms with van der Waals surface area (Å²) in [5.41, 5.74) is 9.95. The predicted molar refractivity (Wildman–Crippen MR) is 127 cm³/mol. The molecule has 0 saturated heterocycles. The van der Waals surface area contributed by atoms with Crippen LogP contribution in [0.1, 0.15) is 11.4 Å². The van der Waals surface area contributed by atoms with Gasteiger partial charge < -0.3 is 5.73 Å². The number of benzene rings is 1. The van der Waals surface area contributed by atoms with Gasteiger partial charge in [-0.1, -0.05) is 24.3 Å². The number of anilines is 1. The highest BCUT2D eigenvalue weighted by molar-refractivity contribution is 5.90. The molecule has 0 saturated carbocycles. The van der Waals surface area contributed by atoms with Gasteiger partial charge in [-0.3, -0.25) is 4.98 Å². The average Bonchev–Trinajstić information content (AvgIpc) is 3.57. The molecule has 0 aliphatic rings. The van der Waals surface area contributed by atoms with Crippen LogP contribution in [0.2, 0.25) is 0 Å². The van der Waals surface area contributed by atoms with Crippen molar-refractivity contribution in [3.8, 4) is 40.1 Å². The van der Waals surface area contributed by atoms with Gasteiger partial charge in [0.1, 0.15) is 18.6 Å². The van der Waals surface area contributed by atoms with Gasteiger partial charge in [-0.15, -0.1) is 15.3 Å². The Kier molecular flexibility index (Phi) is 5.01. The van der Waals surface area contributed by atoms with Crippen molar-refractivity contribution in [2.75, 3.05) is 5.73 Å². The molecule has 5 heterocycles. The molecule has 6 rings (SSSR count). The zero-order chi connectivity index (χ0) is 24.5. The van der Waals surface area contributed by atoms with Crippen LogP contribution in [-0.4, -0.2) is 54.7 Å². The minimum Gasteiger partial charge on any atom is -0.368 e. The van der Waals surface area contributed by atoms with E-state index in [9.17, 15) is 5.26 Å². The van der Waals surface area contributed by atoms with Crippen molar-refractivity contribution in [3.05, 3.63) is 78.6 Å². The topological polar surface area (TPSA) is 175 Å². The van der Waals surface area contributed by atoms with E-state index in [1.54, 1.807) is 42.7 Å². The number of hydrogen-bond donors (Lipinski definition) is 1. The molecule has 0 fully saturated rings. The van der Waals surface area contributed by atoms with Crippen LogP contribution in [-0.2, 0) is 6.54 Å². The quantitative estimate of drug-likeness (QED) is 0.386. The molecule has 1 aromatic carbocycles. The van der Waals surface area contributed by atoms with Crippen molar-refractivity contribution in [1.29, 1.82) is 5.26 Å². The van der Waals surface area contributed by atoms with Gasteiger partial charge in [-0.2, -0.15) is 14.6 Å². The molecular weight excluding hydrogens is 458 g/mol. The van der Waals surface area contributed by atoms with E-state index in [-0.39, 0.29) is 12.5 Å². The lowest BCUT2D eigenvalue weighted by Gasteiger charge is -2.12. The zero-order valence-corrected chi connectivity index (χ0v) is 18.5. The number of tetrazole rings is 1. The van der Waals surface area contributed by atoms with Crippen LogP contribution >= 0.6 is 0 Å². The first-order chi connectivity index (χ1) is 17.7. The molecule has 0 aliphatic carbocycles. The smallest absolute Gasteiger partial charge is 0.223 e. The molecule has 36 heavy (non-hydrogen) atoms. The number of fused-ring (bicyclic) bond motifs is 1. The van der Waals surface area contributed by atoms with Gasteiger partial charge in [0.05, 0.1) is 28.6 Å². The summed E-state index contributed by atoms with van der Waals surface area (Å²) in [6, 6.07) is 16.5. The molecular formula is C23H15N13. The fourth-order valence-electron chi connectivity index (χ4n) is 3.76.